The van der Waals surface area contributed by atoms with Gasteiger partial charge in [-0.1, -0.05) is 59.7 Å². The number of benzene rings is 1. The molecule has 2 fully saturated rings. The molecule has 23 nitrogen and oxygen atoms in total. The number of amides is 1. The molecular weight excluding hydrogens is 1000 g/mol. The number of aliphatic hydroxyl groups excluding tert-OH is 1. The van der Waals surface area contributed by atoms with Crippen LogP contribution in [0.1, 0.15) is 70.8 Å². The molecule has 2 aliphatic heterocycles. The Bertz CT molecular complexity index is 2840. The Balaban J connectivity index is 1.25. The van der Waals surface area contributed by atoms with Crippen LogP contribution in [-0.4, -0.2) is 128 Å². The van der Waals surface area contributed by atoms with Crippen molar-refractivity contribution in [1.29, 1.82) is 5.26 Å². The molecular formula is C42H60N10O13P2SSi2. The molecule has 0 saturated carbocycles. The molecule has 0 radical (unpaired) electrons. The first-order valence-electron chi connectivity index (χ1n) is 22.4. The Morgan fingerprint density at radius 3 is 2.06 bits per heavy atom. The van der Waals surface area contributed by atoms with Crippen molar-refractivity contribution in [3.8, 4) is 6.07 Å². The van der Waals surface area contributed by atoms with Gasteiger partial charge in [0.2, 0.25) is 0 Å². The number of carbonyl (C=O) groups is 1. The first-order chi connectivity index (χ1) is 32.9. The van der Waals surface area contributed by atoms with Crippen LogP contribution in [0.4, 0.5) is 5.82 Å². The Morgan fingerprint density at radius 1 is 0.886 bits per heavy atom. The molecule has 380 valence electrons. The van der Waals surface area contributed by atoms with E-state index in [1.807, 2.05) is 73.8 Å². The third-order valence-electron chi connectivity index (χ3n) is 13.1. The number of aromatic nitrogens is 8. The Labute approximate surface area is 412 Å². The Morgan fingerprint density at radius 2 is 1.47 bits per heavy atom. The monoisotopic (exact) mass is 1060 g/mol. The number of anilines is 1. The fraction of sp³-hybridized carbons (Fsp3) is 0.571. The number of nitriles is 1. The van der Waals surface area contributed by atoms with Gasteiger partial charge in [0.05, 0.1) is 51.3 Å². The second-order valence-corrected chi connectivity index (χ2v) is 33.1. The molecule has 4 N–H and O–H groups in total. The average molecular weight is 1060 g/mol. The third kappa shape index (κ3) is 11.4. The molecule has 70 heavy (non-hydrogen) atoms. The predicted molar refractivity (Wildman–Crippen MR) is 264 cm³/mol. The number of aromatic amines is 1. The van der Waals surface area contributed by atoms with Crippen LogP contribution in [0.5, 0.6) is 0 Å². The van der Waals surface area contributed by atoms with E-state index < -0.39 is 105 Å². The fourth-order valence-corrected chi connectivity index (χ4v) is 12.6. The number of nitrogens with zero attached hydrogens (tertiary/aromatic N) is 8. The number of hydrogen-bond donors (Lipinski definition) is 4. The van der Waals surface area contributed by atoms with Gasteiger partial charge >= 0.3 is 15.0 Å². The molecule has 7 rings (SSSR count). The molecule has 2 aliphatic rings. The summed E-state index contributed by atoms with van der Waals surface area (Å²) in [6.07, 6.45) is -3.81. The average Bonchev–Trinajstić information content (AvgIpc) is 4.07. The van der Waals surface area contributed by atoms with Gasteiger partial charge in [-0.05, 0) is 60.2 Å². The van der Waals surface area contributed by atoms with E-state index in [0.717, 1.165) is 0 Å². The van der Waals surface area contributed by atoms with E-state index in [1.54, 1.807) is 34.9 Å². The summed E-state index contributed by atoms with van der Waals surface area (Å²) in [4.78, 5) is 60.9. The molecule has 10 atom stereocenters. The zero-order chi connectivity index (χ0) is 51.0. The van der Waals surface area contributed by atoms with E-state index in [4.69, 9.17) is 48.2 Å². The van der Waals surface area contributed by atoms with Crippen LogP contribution >= 0.6 is 15.0 Å². The summed E-state index contributed by atoms with van der Waals surface area (Å²) in [5, 5.41) is 22.5. The third-order valence-corrected chi connectivity index (χ3v) is 24.9. The molecule has 4 aromatic heterocycles. The lowest BCUT2D eigenvalue weighted by atomic mass is 10.1. The topological polar surface area (TPSA) is 291 Å². The SMILES string of the molecule is CC(C)(C)[Si](C)(C)O[C@H]1C(n2cnc3c(NC(=O)c4ccccc4)ncnc32)OC(COP(=S)(OCCC#N)O[C@@H]2C(CO)OC(n3cnc4c(=O)[nH]cnc43)[C@@H]2O[Si](C)(C)C(C)(C)C)[C@H]1O[PH](=O)O. The lowest BCUT2D eigenvalue weighted by Gasteiger charge is -2.41. The summed E-state index contributed by atoms with van der Waals surface area (Å²) < 4.78 is 68.3. The molecule has 6 heterocycles. The molecule has 1 amide bonds. The maximum Gasteiger partial charge on any atom is 0.327 e. The Kier molecular flexibility index (Phi) is 16.3. The summed E-state index contributed by atoms with van der Waals surface area (Å²) in [5.74, 6) is -0.300. The van der Waals surface area contributed by atoms with Crippen LogP contribution in [0.25, 0.3) is 22.3 Å². The van der Waals surface area contributed by atoms with Gasteiger partial charge in [0.15, 0.2) is 57.2 Å². The number of nitrogens with one attached hydrogen (secondary N) is 2. The largest absolute Gasteiger partial charge is 0.407 e. The molecule has 1 aromatic carbocycles. The van der Waals surface area contributed by atoms with Gasteiger partial charge in [0, 0.05) is 5.56 Å². The second kappa shape index (κ2) is 21.2. The maximum atomic E-state index is 13.2. The van der Waals surface area contributed by atoms with Crippen molar-refractivity contribution in [2.75, 3.05) is 25.1 Å². The van der Waals surface area contributed by atoms with E-state index >= 15 is 0 Å². The molecule has 0 aliphatic carbocycles. The lowest BCUT2D eigenvalue weighted by Crippen LogP contribution is -2.49. The van der Waals surface area contributed by atoms with Crippen LogP contribution in [0, 0.1) is 11.3 Å². The van der Waals surface area contributed by atoms with Crippen LogP contribution < -0.4 is 10.9 Å². The molecule has 0 bridgehead atoms. The second-order valence-electron chi connectivity index (χ2n) is 19.8. The number of rotatable bonds is 19. The highest BCUT2D eigenvalue weighted by Gasteiger charge is 2.56. The number of H-pyrrole nitrogens is 1. The number of fused-ring (bicyclic) bond motifs is 2. The van der Waals surface area contributed by atoms with Crippen LogP contribution in [0.2, 0.25) is 36.3 Å². The van der Waals surface area contributed by atoms with Crippen molar-refractivity contribution in [2.45, 2.75) is 133 Å². The summed E-state index contributed by atoms with van der Waals surface area (Å²) in [7, 11) is -9.17. The molecule has 2 saturated heterocycles. The Hall–Kier alpha value is -4.01. The van der Waals surface area contributed by atoms with Crippen molar-refractivity contribution in [1.82, 2.24) is 39.0 Å². The fourth-order valence-electron chi connectivity index (χ4n) is 7.38. The molecule has 0 spiro atoms. The molecule has 5 aromatic rings. The minimum absolute atomic E-state index is 0.0507. The summed E-state index contributed by atoms with van der Waals surface area (Å²) in [5.41, 5.74) is 0.625. The first-order valence-corrected chi connectivity index (χ1v) is 32.1. The van der Waals surface area contributed by atoms with Crippen LogP contribution in [0.15, 0.2) is 60.4 Å². The first kappa shape index (κ1) is 53.8. The van der Waals surface area contributed by atoms with Crippen molar-refractivity contribution in [2.24, 2.45) is 0 Å². The van der Waals surface area contributed by atoms with E-state index in [9.17, 15) is 29.4 Å². The van der Waals surface area contributed by atoms with Crippen LogP contribution in [-0.2, 0) is 52.8 Å². The smallest absolute Gasteiger partial charge is 0.327 e. The van der Waals surface area contributed by atoms with Gasteiger partial charge in [0.1, 0.15) is 43.0 Å². The minimum Gasteiger partial charge on any atom is -0.407 e. The van der Waals surface area contributed by atoms with Gasteiger partial charge in [-0.15, -0.1) is 0 Å². The number of carbonyl (C=O) groups excluding carboxylic acids is 1. The van der Waals surface area contributed by atoms with E-state index in [2.05, 4.69) is 35.2 Å². The van der Waals surface area contributed by atoms with Gasteiger partial charge in [-0.25, -0.2) is 24.9 Å². The van der Waals surface area contributed by atoms with Gasteiger partial charge < -0.3 is 52.2 Å². The lowest BCUT2D eigenvalue weighted by molar-refractivity contribution is -0.0547. The van der Waals surface area contributed by atoms with E-state index in [0.29, 0.717) is 5.56 Å². The zero-order valence-electron chi connectivity index (χ0n) is 40.5. The van der Waals surface area contributed by atoms with Crippen molar-refractivity contribution in [3.05, 3.63) is 71.6 Å². The van der Waals surface area contributed by atoms with E-state index in [1.165, 1.54) is 29.9 Å². The summed E-state index contributed by atoms with van der Waals surface area (Å²) in [6, 6.07) is 10.6. The van der Waals surface area contributed by atoms with Crippen molar-refractivity contribution >= 4 is 77.5 Å². The predicted octanol–water partition coefficient (Wildman–Crippen LogP) is 6.10. The quantitative estimate of drug-likeness (QED) is 0.0412. The van der Waals surface area contributed by atoms with Crippen molar-refractivity contribution in [3.63, 3.8) is 0 Å². The zero-order valence-corrected chi connectivity index (χ0v) is 45.2. The van der Waals surface area contributed by atoms with Gasteiger partial charge in [0.25, 0.3) is 11.5 Å². The minimum atomic E-state index is -4.07. The highest BCUT2D eigenvalue weighted by Crippen LogP contribution is 2.56. The van der Waals surface area contributed by atoms with Crippen LogP contribution in [0.3, 0.4) is 0 Å². The van der Waals surface area contributed by atoms with Gasteiger partial charge in [-0.2, -0.15) is 5.26 Å². The number of aliphatic hydroxyl groups is 1. The highest BCUT2D eigenvalue weighted by atomic mass is 32.5. The summed E-state index contributed by atoms with van der Waals surface area (Å²) in [6.45, 7) is 15.0. The van der Waals surface area contributed by atoms with E-state index in [-0.39, 0.29) is 51.2 Å². The molecule has 28 heteroatoms. The highest BCUT2D eigenvalue weighted by molar-refractivity contribution is 8.07. The maximum absolute atomic E-state index is 13.2. The number of ether oxygens (including phenoxy) is 2. The number of imidazole rings is 2. The molecule has 6 unspecified atom stereocenters. The van der Waals surface area contributed by atoms with Crippen molar-refractivity contribution < 1.29 is 55.8 Å². The number of hydrogen-bond acceptors (Lipinski definition) is 19. The summed E-state index contributed by atoms with van der Waals surface area (Å²) >= 11 is 6.12. The normalized spacial score (nSPS) is 24.7. The standard InChI is InChI=1S/C42H60N10O13P2SSi2/c1-41(2,3)69(7,8)64-32-30(62-66(56)57)27(61-39(32)51-23-48-28-34(44-21-45-35(28)51)50-37(54)25-15-12-11-13-16-25)20-59-67(68,58-18-14-17-43)63-31-26(19-53)60-40(33(31)65-70(9,10)42(4,5)6)52-24-49-29-36(52)46-22-47-38(29)55/h11-13,15-16,21-24,26-27,30-33,39-40,53,66H,14,18-20H2,1-10H3,(H,56,57)(H,46,47,55)(H,44,45,50,54)/t26?,27?,30-,31-,32-,33-,39?,40?,67?/m1/s1. The van der Waals surface area contributed by atoms with Gasteiger partial charge in [-0.3, -0.25) is 27.8 Å².